The molecule has 276 valence electrons. The molecule has 4 nitrogen and oxygen atoms in total. The molecule has 3 aromatic heterocycles. The van der Waals surface area contributed by atoms with Crippen LogP contribution in [0.25, 0.3) is 121 Å². The van der Waals surface area contributed by atoms with Gasteiger partial charge in [-0.25, -0.2) is 4.98 Å². The van der Waals surface area contributed by atoms with Crippen molar-refractivity contribution in [1.82, 2.24) is 15.0 Å². The Morgan fingerprint density at radius 1 is 0.350 bits per heavy atom. The molecule has 0 spiro atoms. The summed E-state index contributed by atoms with van der Waals surface area (Å²) in [6.07, 6.45) is 7.54. The molecule has 3 heterocycles. The van der Waals surface area contributed by atoms with Crippen molar-refractivity contribution in [3.05, 3.63) is 200 Å². The number of rotatable bonds is 5. The summed E-state index contributed by atoms with van der Waals surface area (Å²) in [6.45, 7) is 0. The molecule has 4 heteroatoms. The highest BCUT2D eigenvalue weighted by atomic mass is 14.7. The van der Waals surface area contributed by atoms with Gasteiger partial charge in [-0.05, 0) is 124 Å². The summed E-state index contributed by atoms with van der Waals surface area (Å²) in [5.41, 5.74) is 16.4. The molecule has 1 aliphatic carbocycles. The Hall–Kier alpha value is -8.26. The van der Waals surface area contributed by atoms with Gasteiger partial charge in [0.25, 0.3) is 0 Å². The monoisotopic (exact) mass is 760 g/mol. The molecule has 0 atom stereocenters. The van der Waals surface area contributed by atoms with Crippen molar-refractivity contribution in [2.75, 3.05) is 0 Å². The number of hydrogen-bond donors (Lipinski definition) is 0. The first-order chi connectivity index (χ1) is 29.7. The van der Waals surface area contributed by atoms with E-state index < -0.39 is 0 Å². The number of benzene rings is 8. The topological polar surface area (TPSA) is 62.5 Å². The van der Waals surface area contributed by atoms with Crippen molar-refractivity contribution in [1.29, 1.82) is 5.26 Å². The maximum Gasteiger partial charge on any atom is 0.0991 e. The first kappa shape index (κ1) is 33.8. The Kier molecular flexibility index (Phi) is 7.57. The molecule has 0 amide bonds. The molecule has 0 unspecified atom stereocenters. The lowest BCUT2D eigenvalue weighted by Gasteiger charge is -2.18. The third kappa shape index (κ3) is 5.20. The van der Waals surface area contributed by atoms with Crippen LogP contribution in [0.2, 0.25) is 0 Å². The van der Waals surface area contributed by atoms with Crippen LogP contribution in [0.3, 0.4) is 0 Å². The summed E-state index contributed by atoms with van der Waals surface area (Å²) in [7, 11) is 0. The molecular formula is C56H32N4. The van der Waals surface area contributed by atoms with Gasteiger partial charge in [-0.2, -0.15) is 5.26 Å². The molecule has 8 aromatic carbocycles. The average molecular weight is 761 g/mol. The lowest BCUT2D eigenvalue weighted by atomic mass is 9.85. The zero-order valence-electron chi connectivity index (χ0n) is 32.3. The molecule has 0 radical (unpaired) electrons. The van der Waals surface area contributed by atoms with E-state index in [1.165, 1.54) is 49.5 Å². The van der Waals surface area contributed by atoms with Crippen LogP contribution in [-0.4, -0.2) is 15.0 Å². The molecule has 0 bridgehead atoms. The van der Waals surface area contributed by atoms with E-state index in [1.54, 1.807) is 0 Å². The minimum Gasteiger partial charge on any atom is -0.264 e. The quantitative estimate of drug-likeness (QED) is 0.175. The molecule has 0 saturated heterocycles. The summed E-state index contributed by atoms with van der Waals surface area (Å²) >= 11 is 0. The number of pyridine rings is 3. The number of nitrogens with zero attached hydrogens (tertiary/aromatic N) is 4. The van der Waals surface area contributed by atoms with Gasteiger partial charge in [0.15, 0.2) is 0 Å². The lowest BCUT2D eigenvalue weighted by Crippen LogP contribution is -1.94. The van der Waals surface area contributed by atoms with Gasteiger partial charge >= 0.3 is 0 Å². The second-order valence-corrected chi connectivity index (χ2v) is 15.4. The largest absolute Gasteiger partial charge is 0.264 e. The fraction of sp³-hybridized carbons (Fsp3) is 0. The van der Waals surface area contributed by atoms with Crippen molar-refractivity contribution in [2.24, 2.45) is 0 Å². The molecule has 0 aliphatic heterocycles. The maximum absolute atomic E-state index is 9.62. The van der Waals surface area contributed by atoms with Crippen molar-refractivity contribution in [2.45, 2.75) is 0 Å². The fourth-order valence-electron chi connectivity index (χ4n) is 9.53. The van der Waals surface area contributed by atoms with Gasteiger partial charge in [0, 0.05) is 46.7 Å². The first-order valence-electron chi connectivity index (χ1n) is 20.1. The Morgan fingerprint density at radius 2 is 0.833 bits per heavy atom. The minimum atomic E-state index is 0.649. The second-order valence-electron chi connectivity index (χ2n) is 15.4. The number of nitriles is 1. The zero-order chi connectivity index (χ0) is 39.7. The highest BCUT2D eigenvalue weighted by molar-refractivity contribution is 6.24. The number of fused-ring (bicyclic) bond motifs is 6. The van der Waals surface area contributed by atoms with Crippen LogP contribution in [0.15, 0.2) is 195 Å². The molecule has 1 aliphatic rings. The van der Waals surface area contributed by atoms with Crippen molar-refractivity contribution < 1.29 is 0 Å². The van der Waals surface area contributed by atoms with E-state index in [0.717, 1.165) is 71.7 Å². The van der Waals surface area contributed by atoms with Gasteiger partial charge in [0.05, 0.1) is 23.0 Å². The molecule has 11 aromatic rings. The van der Waals surface area contributed by atoms with Gasteiger partial charge in [0.2, 0.25) is 0 Å². The third-order valence-corrected chi connectivity index (χ3v) is 12.3. The lowest BCUT2D eigenvalue weighted by molar-refractivity contribution is 1.32. The summed E-state index contributed by atoms with van der Waals surface area (Å²) in [5, 5.41) is 18.8. The van der Waals surface area contributed by atoms with E-state index in [1.807, 2.05) is 36.9 Å². The molecule has 60 heavy (non-hydrogen) atoms. The Balaban J connectivity index is 1.11. The van der Waals surface area contributed by atoms with E-state index in [9.17, 15) is 5.26 Å². The molecule has 12 rings (SSSR count). The summed E-state index contributed by atoms with van der Waals surface area (Å²) in [5.74, 6) is 0. The van der Waals surface area contributed by atoms with Gasteiger partial charge in [0.1, 0.15) is 0 Å². The van der Waals surface area contributed by atoms with E-state index in [4.69, 9.17) is 4.98 Å². The highest BCUT2D eigenvalue weighted by Gasteiger charge is 2.26. The average Bonchev–Trinajstić information content (AvgIpc) is 3.65. The molecule has 0 fully saturated rings. The minimum absolute atomic E-state index is 0.649. The van der Waals surface area contributed by atoms with Crippen LogP contribution in [0.1, 0.15) is 5.56 Å². The van der Waals surface area contributed by atoms with Gasteiger partial charge in [-0.15, -0.1) is 0 Å². The highest BCUT2D eigenvalue weighted by Crippen LogP contribution is 2.53. The van der Waals surface area contributed by atoms with Crippen LogP contribution in [-0.2, 0) is 0 Å². The van der Waals surface area contributed by atoms with Crippen molar-refractivity contribution in [3.63, 3.8) is 0 Å². The number of aromatic nitrogens is 3. The summed E-state index contributed by atoms with van der Waals surface area (Å²) < 4.78 is 0. The summed E-state index contributed by atoms with van der Waals surface area (Å²) in [6, 6.07) is 62.9. The number of hydrogen-bond acceptors (Lipinski definition) is 4. The predicted octanol–water partition coefficient (Wildman–Crippen LogP) is 14.3. The van der Waals surface area contributed by atoms with Gasteiger partial charge in [-0.1, -0.05) is 133 Å². The van der Waals surface area contributed by atoms with E-state index in [0.29, 0.717) is 5.56 Å². The Morgan fingerprint density at radius 3 is 1.43 bits per heavy atom. The van der Waals surface area contributed by atoms with Crippen LogP contribution >= 0.6 is 0 Å². The zero-order valence-corrected chi connectivity index (χ0v) is 32.3. The fourth-order valence-corrected chi connectivity index (χ4v) is 9.53. The maximum atomic E-state index is 9.62. The first-order valence-corrected chi connectivity index (χ1v) is 20.1. The third-order valence-electron chi connectivity index (χ3n) is 12.3. The molecule has 0 N–H and O–H groups in total. The van der Waals surface area contributed by atoms with Gasteiger partial charge in [-0.3, -0.25) is 9.97 Å². The molecule has 0 saturated carbocycles. The van der Waals surface area contributed by atoms with E-state index >= 15 is 0 Å². The van der Waals surface area contributed by atoms with Crippen LogP contribution in [0.5, 0.6) is 0 Å². The smallest absolute Gasteiger partial charge is 0.0991 e. The van der Waals surface area contributed by atoms with Crippen molar-refractivity contribution in [3.8, 4) is 84.2 Å². The molecular weight excluding hydrogens is 729 g/mol. The Bertz CT molecular complexity index is 3480. The second kappa shape index (κ2) is 13.4. The van der Waals surface area contributed by atoms with Crippen molar-refractivity contribution >= 4 is 43.1 Å². The standard InChI is InChI=1S/C56H32N4/c57-31-34-15-17-35(18-16-34)42-20-22-50-45-11-3-4-12-46(45)51-23-24-52(55(42)56(50)51)47-21-19-39(43-9-1-2-10-44(43)47)38-29-53(48-13-5-7-36-32-58-27-25-40(36)48)60-54(30-38)49-14-6-8-37-33-59-28-26-41(37)49/h1-30,32-33H. The van der Waals surface area contributed by atoms with Crippen LogP contribution < -0.4 is 0 Å². The predicted molar refractivity (Wildman–Crippen MR) is 246 cm³/mol. The van der Waals surface area contributed by atoms with Crippen LogP contribution in [0.4, 0.5) is 0 Å². The summed E-state index contributed by atoms with van der Waals surface area (Å²) in [4.78, 5) is 14.2. The van der Waals surface area contributed by atoms with Crippen LogP contribution in [0, 0.1) is 11.3 Å². The van der Waals surface area contributed by atoms with E-state index in [-0.39, 0.29) is 0 Å². The van der Waals surface area contributed by atoms with E-state index in [2.05, 4.69) is 174 Å². The van der Waals surface area contributed by atoms with Gasteiger partial charge < -0.3 is 0 Å². The normalized spacial score (nSPS) is 11.7. The SMILES string of the molecule is N#Cc1ccc(-c2ccc3c4c(ccc(-c5ccc(-c6cc(-c7cccc8cnccc78)nc(-c7cccc8cnccc78)c6)c6ccccc56)c24)-c2ccccc2-3)cc1. The Labute approximate surface area is 346 Å².